The number of benzene rings is 5. The van der Waals surface area contributed by atoms with E-state index in [1.54, 1.807) is 13.3 Å². The van der Waals surface area contributed by atoms with Gasteiger partial charge in [0, 0.05) is 29.7 Å². The summed E-state index contributed by atoms with van der Waals surface area (Å²) < 4.78 is 0. The monoisotopic (exact) mass is 466 g/mol. The molecule has 0 unspecified atom stereocenters. The minimum absolute atomic E-state index is 1.13. The average molecular weight is 467 g/mol. The van der Waals surface area contributed by atoms with Crippen LogP contribution in [0.3, 0.4) is 0 Å². The summed E-state index contributed by atoms with van der Waals surface area (Å²) in [6.45, 7) is 4.34. The number of aliphatic imine (C=N–C) groups is 1. The van der Waals surface area contributed by atoms with Gasteiger partial charge in [-0.25, -0.2) is 0 Å². The van der Waals surface area contributed by atoms with Gasteiger partial charge in [0.05, 0.1) is 11.4 Å². The molecule has 0 amide bonds. The van der Waals surface area contributed by atoms with Gasteiger partial charge in [0.2, 0.25) is 0 Å². The molecule has 0 saturated carbocycles. The highest BCUT2D eigenvalue weighted by Crippen LogP contribution is 2.42. The van der Waals surface area contributed by atoms with Gasteiger partial charge in [0.25, 0.3) is 0 Å². The smallest absolute Gasteiger partial charge is 0.0540 e. The molecule has 0 aliphatic heterocycles. The lowest BCUT2D eigenvalue weighted by molar-refractivity contribution is 1.29. The molecule has 0 aliphatic rings. The maximum atomic E-state index is 4.03. The van der Waals surface area contributed by atoms with Crippen molar-refractivity contribution in [1.82, 2.24) is 0 Å². The number of rotatable bonds is 6. The van der Waals surface area contributed by atoms with Gasteiger partial charge in [0.15, 0.2) is 0 Å². The zero-order valence-electron chi connectivity index (χ0n) is 21.0. The zero-order chi connectivity index (χ0) is 24.9. The van der Waals surface area contributed by atoms with E-state index < -0.39 is 0 Å². The summed E-state index contributed by atoms with van der Waals surface area (Å²) in [7, 11) is 1.78. The highest BCUT2D eigenvalue weighted by atomic mass is 15.1. The SMILES string of the molecule is C/N=C/C=C\C=C(/C)c1cc(N(c2cccc3ccccc23)c2cccc3ccccc23)ccc1C. The zero-order valence-corrected chi connectivity index (χ0v) is 21.0. The van der Waals surface area contributed by atoms with Crippen LogP contribution in [0.15, 0.2) is 126 Å². The van der Waals surface area contributed by atoms with Crippen molar-refractivity contribution in [3.05, 3.63) is 132 Å². The highest BCUT2D eigenvalue weighted by molar-refractivity contribution is 6.04. The van der Waals surface area contributed by atoms with Gasteiger partial charge in [-0.05, 0) is 71.7 Å². The lowest BCUT2D eigenvalue weighted by Gasteiger charge is -2.29. The lowest BCUT2D eigenvalue weighted by atomic mass is 9.98. The summed E-state index contributed by atoms with van der Waals surface area (Å²) in [5, 5.41) is 4.91. The van der Waals surface area contributed by atoms with Gasteiger partial charge >= 0.3 is 0 Å². The van der Waals surface area contributed by atoms with E-state index in [0.29, 0.717) is 0 Å². The van der Waals surface area contributed by atoms with Crippen molar-refractivity contribution in [3.8, 4) is 0 Å². The van der Waals surface area contributed by atoms with E-state index in [1.165, 1.54) is 49.6 Å². The van der Waals surface area contributed by atoms with E-state index in [9.17, 15) is 0 Å². The maximum absolute atomic E-state index is 4.03. The minimum Gasteiger partial charge on any atom is -0.309 e. The van der Waals surface area contributed by atoms with Crippen molar-refractivity contribution in [2.75, 3.05) is 11.9 Å². The summed E-state index contributed by atoms with van der Waals surface area (Å²) >= 11 is 0. The Kier molecular flexibility index (Phi) is 6.77. The predicted molar refractivity (Wildman–Crippen MR) is 158 cm³/mol. The number of hydrogen-bond donors (Lipinski definition) is 0. The number of anilines is 3. The first-order valence-electron chi connectivity index (χ1n) is 12.3. The number of aryl methyl sites for hydroxylation is 1. The molecule has 0 fully saturated rings. The van der Waals surface area contributed by atoms with Crippen molar-refractivity contribution < 1.29 is 0 Å². The first kappa shape index (κ1) is 23.3. The molecule has 0 atom stereocenters. The third kappa shape index (κ3) is 4.58. The molecule has 0 heterocycles. The van der Waals surface area contributed by atoms with Gasteiger partial charge in [-0.1, -0.05) is 91.0 Å². The van der Waals surface area contributed by atoms with Crippen molar-refractivity contribution in [2.45, 2.75) is 13.8 Å². The molecule has 0 spiro atoms. The number of fused-ring (bicyclic) bond motifs is 2. The second-order valence-electron chi connectivity index (χ2n) is 8.97. The first-order chi connectivity index (χ1) is 17.7. The molecular formula is C34H30N2. The third-order valence-corrected chi connectivity index (χ3v) is 6.61. The largest absolute Gasteiger partial charge is 0.309 e. The van der Waals surface area contributed by atoms with Gasteiger partial charge < -0.3 is 4.90 Å². The second kappa shape index (κ2) is 10.5. The van der Waals surface area contributed by atoms with E-state index in [4.69, 9.17) is 0 Å². The summed E-state index contributed by atoms with van der Waals surface area (Å²) in [6.07, 6.45) is 7.95. The fourth-order valence-corrected chi connectivity index (χ4v) is 4.81. The quantitative estimate of drug-likeness (QED) is 0.180. The van der Waals surface area contributed by atoms with Gasteiger partial charge in [0.1, 0.15) is 0 Å². The third-order valence-electron chi connectivity index (χ3n) is 6.61. The molecule has 5 aromatic carbocycles. The van der Waals surface area contributed by atoms with Gasteiger partial charge in [-0.15, -0.1) is 0 Å². The maximum Gasteiger partial charge on any atom is 0.0540 e. The topological polar surface area (TPSA) is 15.6 Å². The Morgan fingerprint density at radius 3 is 1.89 bits per heavy atom. The van der Waals surface area contributed by atoms with Gasteiger partial charge in [-0.3, -0.25) is 4.99 Å². The van der Waals surface area contributed by atoms with Crippen LogP contribution in [0.5, 0.6) is 0 Å². The standard InChI is InChI=1S/C34H30N2/c1-25(12-8-9-23-35-3)32-24-29(22-21-26(32)2)36(33-19-10-15-27-13-4-6-17-30(27)33)34-20-11-16-28-14-5-7-18-31(28)34/h4-24H,1-3H3/b9-8-,25-12+,35-23+. The van der Waals surface area contributed by atoms with Crippen LogP contribution in [-0.2, 0) is 0 Å². The van der Waals surface area contributed by atoms with Crippen molar-refractivity contribution >= 4 is 50.4 Å². The summed E-state index contributed by atoms with van der Waals surface area (Å²) in [4.78, 5) is 6.43. The Hall–Kier alpha value is -4.43. The molecule has 36 heavy (non-hydrogen) atoms. The van der Waals surface area contributed by atoms with Crippen molar-refractivity contribution in [1.29, 1.82) is 0 Å². The Morgan fingerprint density at radius 2 is 1.28 bits per heavy atom. The Labute approximate surface area is 213 Å². The lowest BCUT2D eigenvalue weighted by Crippen LogP contribution is -2.11. The Bertz CT molecular complexity index is 1530. The molecule has 5 rings (SSSR count). The Balaban J connectivity index is 1.76. The van der Waals surface area contributed by atoms with E-state index in [0.717, 1.165) is 5.69 Å². The molecule has 0 aliphatic carbocycles. The summed E-state index contributed by atoms with van der Waals surface area (Å²) in [5.74, 6) is 0. The fourth-order valence-electron chi connectivity index (χ4n) is 4.81. The van der Waals surface area contributed by atoms with Crippen LogP contribution in [0.4, 0.5) is 17.1 Å². The van der Waals surface area contributed by atoms with E-state index in [-0.39, 0.29) is 0 Å². The molecule has 0 saturated heterocycles. The van der Waals surface area contributed by atoms with Gasteiger partial charge in [-0.2, -0.15) is 0 Å². The molecule has 0 radical (unpaired) electrons. The molecule has 0 aromatic heterocycles. The molecule has 2 nitrogen and oxygen atoms in total. The fraction of sp³-hybridized carbons (Fsp3) is 0.0882. The summed E-state index contributed by atoms with van der Waals surface area (Å²) in [5.41, 5.74) is 7.16. The number of hydrogen-bond acceptors (Lipinski definition) is 2. The van der Waals surface area contributed by atoms with Crippen LogP contribution in [0.1, 0.15) is 18.1 Å². The van der Waals surface area contributed by atoms with E-state index >= 15 is 0 Å². The molecule has 176 valence electrons. The molecule has 0 bridgehead atoms. The van der Waals surface area contributed by atoms with Crippen molar-refractivity contribution in [2.24, 2.45) is 4.99 Å². The van der Waals surface area contributed by atoms with Crippen LogP contribution in [0, 0.1) is 6.92 Å². The highest BCUT2D eigenvalue weighted by Gasteiger charge is 2.18. The van der Waals surface area contributed by atoms with Crippen LogP contribution < -0.4 is 4.90 Å². The molecular weight excluding hydrogens is 436 g/mol. The predicted octanol–water partition coefficient (Wildman–Crippen LogP) is 9.43. The minimum atomic E-state index is 1.13. The molecule has 0 N–H and O–H groups in total. The normalized spacial score (nSPS) is 12.2. The van der Waals surface area contributed by atoms with Crippen LogP contribution in [0.2, 0.25) is 0 Å². The second-order valence-corrected chi connectivity index (χ2v) is 8.97. The molecule has 5 aromatic rings. The number of nitrogens with zero attached hydrogens (tertiary/aromatic N) is 2. The van der Waals surface area contributed by atoms with E-state index in [1.807, 2.05) is 12.2 Å². The van der Waals surface area contributed by atoms with Crippen LogP contribution in [-0.4, -0.2) is 13.3 Å². The number of allylic oxidation sites excluding steroid dienone is 4. The van der Waals surface area contributed by atoms with E-state index in [2.05, 4.69) is 133 Å². The van der Waals surface area contributed by atoms with Crippen LogP contribution >= 0.6 is 0 Å². The van der Waals surface area contributed by atoms with Crippen molar-refractivity contribution in [3.63, 3.8) is 0 Å². The first-order valence-corrected chi connectivity index (χ1v) is 12.3. The summed E-state index contributed by atoms with van der Waals surface area (Å²) in [6, 6.07) is 37.1. The molecule has 2 heteroatoms. The average Bonchev–Trinajstić information content (AvgIpc) is 2.92. The van der Waals surface area contributed by atoms with Crippen LogP contribution in [0.25, 0.3) is 27.1 Å². The Morgan fingerprint density at radius 1 is 0.694 bits per heavy atom.